The number of phenols is 1. The minimum atomic E-state index is 0.440. The van der Waals surface area contributed by atoms with Crippen molar-refractivity contribution in [2.75, 3.05) is 0 Å². The van der Waals surface area contributed by atoms with Crippen molar-refractivity contribution < 1.29 is 5.11 Å². The maximum atomic E-state index is 9.72. The molecule has 2 heteroatoms. The number of hydrogen-bond donors (Lipinski definition) is 1. The minimum Gasteiger partial charge on any atom is -0.508 e. The van der Waals surface area contributed by atoms with Crippen LogP contribution in [0.5, 0.6) is 5.75 Å². The third-order valence-electron chi connectivity index (χ3n) is 2.84. The van der Waals surface area contributed by atoms with Gasteiger partial charge in [0.15, 0.2) is 0 Å². The summed E-state index contributed by atoms with van der Waals surface area (Å²) in [5.74, 6) is 0.440. The van der Waals surface area contributed by atoms with E-state index >= 15 is 0 Å². The topological polar surface area (TPSA) is 20.2 Å². The van der Waals surface area contributed by atoms with Gasteiger partial charge in [-0.15, -0.1) is 0 Å². The summed E-state index contributed by atoms with van der Waals surface area (Å²) in [6.07, 6.45) is 7.75. The number of aromatic hydroxyl groups is 1. The van der Waals surface area contributed by atoms with Crippen molar-refractivity contribution in [3.63, 3.8) is 0 Å². The van der Waals surface area contributed by atoms with E-state index in [1.54, 1.807) is 6.07 Å². The van der Waals surface area contributed by atoms with Gasteiger partial charge in [0.1, 0.15) is 5.75 Å². The standard InChI is InChI=1S/C14H21IO/c1-2-3-4-5-6-10-13(15)12-9-7-8-11-14(12)16/h7-9,11,13,16H,2-6,10H2,1H3. The molecule has 0 spiro atoms. The number of benzene rings is 1. The molecule has 0 aliphatic carbocycles. The summed E-state index contributed by atoms with van der Waals surface area (Å²) < 4.78 is 0.445. The van der Waals surface area contributed by atoms with Crippen LogP contribution in [-0.4, -0.2) is 5.11 Å². The van der Waals surface area contributed by atoms with Crippen molar-refractivity contribution in [3.8, 4) is 5.75 Å². The zero-order chi connectivity index (χ0) is 11.8. The molecule has 0 saturated carbocycles. The summed E-state index contributed by atoms with van der Waals surface area (Å²) in [5, 5.41) is 9.72. The third kappa shape index (κ3) is 4.73. The lowest BCUT2D eigenvalue weighted by Crippen LogP contribution is -1.91. The number of para-hydroxylation sites is 1. The molecule has 1 aromatic carbocycles. The van der Waals surface area contributed by atoms with Crippen LogP contribution in [-0.2, 0) is 0 Å². The van der Waals surface area contributed by atoms with Crippen LogP contribution in [0.1, 0.15) is 54.9 Å². The molecule has 0 saturated heterocycles. The third-order valence-corrected chi connectivity index (χ3v) is 4.13. The highest BCUT2D eigenvalue weighted by molar-refractivity contribution is 14.1. The molecule has 0 heterocycles. The van der Waals surface area contributed by atoms with Crippen molar-refractivity contribution in [1.82, 2.24) is 0 Å². The molecule has 0 aliphatic heterocycles. The van der Waals surface area contributed by atoms with Gasteiger partial charge in [0.05, 0.1) is 0 Å². The minimum absolute atomic E-state index is 0.440. The molecule has 1 aromatic rings. The molecule has 16 heavy (non-hydrogen) atoms. The average Bonchev–Trinajstić information content (AvgIpc) is 2.29. The second-order valence-electron chi connectivity index (χ2n) is 4.23. The Balaban J connectivity index is 2.30. The molecule has 0 fully saturated rings. The first-order valence-corrected chi connectivity index (χ1v) is 7.42. The molecule has 1 atom stereocenters. The van der Waals surface area contributed by atoms with E-state index in [-0.39, 0.29) is 0 Å². The summed E-state index contributed by atoms with van der Waals surface area (Å²) in [6.45, 7) is 2.24. The van der Waals surface area contributed by atoms with E-state index in [1.165, 1.54) is 38.5 Å². The molecule has 0 aliphatic rings. The number of rotatable bonds is 7. The fourth-order valence-electron chi connectivity index (χ4n) is 1.84. The average molecular weight is 332 g/mol. The summed E-state index contributed by atoms with van der Waals surface area (Å²) in [5.41, 5.74) is 1.08. The van der Waals surface area contributed by atoms with Crippen molar-refractivity contribution in [3.05, 3.63) is 29.8 Å². The Hall–Kier alpha value is -0.250. The van der Waals surface area contributed by atoms with Gasteiger partial charge in [-0.3, -0.25) is 0 Å². The lowest BCUT2D eigenvalue weighted by molar-refractivity contribution is 0.466. The first kappa shape index (κ1) is 13.8. The van der Waals surface area contributed by atoms with Gasteiger partial charge < -0.3 is 5.11 Å². The second kappa shape index (κ2) is 7.93. The highest BCUT2D eigenvalue weighted by Gasteiger charge is 2.10. The van der Waals surface area contributed by atoms with Gasteiger partial charge in [0.2, 0.25) is 0 Å². The number of unbranched alkanes of at least 4 members (excludes halogenated alkanes) is 4. The van der Waals surface area contributed by atoms with E-state index in [0.717, 1.165) is 5.56 Å². The summed E-state index contributed by atoms with van der Waals surface area (Å²) in [7, 11) is 0. The first-order chi connectivity index (χ1) is 7.75. The Labute approximate surface area is 112 Å². The van der Waals surface area contributed by atoms with Gasteiger partial charge in [0, 0.05) is 9.49 Å². The summed E-state index contributed by atoms with van der Waals surface area (Å²) >= 11 is 2.43. The van der Waals surface area contributed by atoms with Gasteiger partial charge in [-0.1, -0.05) is 79.8 Å². The lowest BCUT2D eigenvalue weighted by atomic mass is 10.0. The Morgan fingerprint density at radius 2 is 1.81 bits per heavy atom. The van der Waals surface area contributed by atoms with Crippen LogP contribution in [0, 0.1) is 0 Å². The number of alkyl halides is 1. The van der Waals surface area contributed by atoms with Gasteiger partial charge in [-0.2, -0.15) is 0 Å². The van der Waals surface area contributed by atoms with Gasteiger partial charge >= 0.3 is 0 Å². The fraction of sp³-hybridized carbons (Fsp3) is 0.571. The highest BCUT2D eigenvalue weighted by Crippen LogP contribution is 2.34. The molecule has 1 nitrogen and oxygen atoms in total. The molecule has 1 N–H and O–H groups in total. The number of hydrogen-bond acceptors (Lipinski definition) is 1. The van der Waals surface area contributed by atoms with Crippen LogP contribution in [0.25, 0.3) is 0 Å². The zero-order valence-corrected chi connectivity index (χ0v) is 12.1. The Morgan fingerprint density at radius 1 is 1.12 bits per heavy atom. The van der Waals surface area contributed by atoms with Crippen LogP contribution in [0.2, 0.25) is 0 Å². The van der Waals surface area contributed by atoms with Gasteiger partial charge in [-0.25, -0.2) is 0 Å². The summed E-state index contributed by atoms with van der Waals surface area (Å²) in [4.78, 5) is 0. The molecule has 1 rings (SSSR count). The quantitative estimate of drug-likeness (QED) is 0.412. The van der Waals surface area contributed by atoms with Crippen molar-refractivity contribution in [1.29, 1.82) is 0 Å². The molecule has 0 amide bonds. The second-order valence-corrected chi connectivity index (χ2v) is 5.73. The number of phenolic OH excluding ortho intramolecular Hbond substituents is 1. The smallest absolute Gasteiger partial charge is 0.119 e. The van der Waals surface area contributed by atoms with Crippen molar-refractivity contribution in [2.45, 2.75) is 49.4 Å². The van der Waals surface area contributed by atoms with E-state index < -0.39 is 0 Å². The van der Waals surface area contributed by atoms with E-state index in [2.05, 4.69) is 29.5 Å². The van der Waals surface area contributed by atoms with Crippen LogP contribution in [0.3, 0.4) is 0 Å². The molecule has 0 radical (unpaired) electrons. The van der Waals surface area contributed by atoms with E-state index in [4.69, 9.17) is 0 Å². The van der Waals surface area contributed by atoms with E-state index in [0.29, 0.717) is 9.67 Å². The van der Waals surface area contributed by atoms with Crippen LogP contribution >= 0.6 is 22.6 Å². The van der Waals surface area contributed by atoms with Crippen LogP contribution < -0.4 is 0 Å². The van der Waals surface area contributed by atoms with Crippen molar-refractivity contribution in [2.24, 2.45) is 0 Å². The van der Waals surface area contributed by atoms with Crippen LogP contribution in [0.15, 0.2) is 24.3 Å². The molecular formula is C14H21IO. The Morgan fingerprint density at radius 3 is 2.50 bits per heavy atom. The normalized spacial score (nSPS) is 12.6. The SMILES string of the molecule is CCCCCCCC(I)c1ccccc1O. The van der Waals surface area contributed by atoms with Crippen molar-refractivity contribution >= 4 is 22.6 Å². The zero-order valence-electron chi connectivity index (χ0n) is 9.95. The monoisotopic (exact) mass is 332 g/mol. The Bertz CT molecular complexity index is 299. The predicted molar refractivity (Wildman–Crippen MR) is 78.2 cm³/mol. The highest BCUT2D eigenvalue weighted by atomic mass is 127. The molecule has 0 bridgehead atoms. The van der Waals surface area contributed by atoms with Crippen LogP contribution in [0.4, 0.5) is 0 Å². The maximum Gasteiger partial charge on any atom is 0.119 e. The maximum absolute atomic E-state index is 9.72. The molecule has 1 unspecified atom stereocenters. The molecule has 90 valence electrons. The van der Waals surface area contributed by atoms with Gasteiger partial charge in [0.25, 0.3) is 0 Å². The molecule has 0 aromatic heterocycles. The first-order valence-electron chi connectivity index (χ1n) is 6.17. The molecular weight excluding hydrogens is 311 g/mol. The van der Waals surface area contributed by atoms with E-state index in [1.807, 2.05) is 18.2 Å². The predicted octanol–water partition coefficient (Wildman–Crippen LogP) is 5.23. The largest absolute Gasteiger partial charge is 0.508 e. The van der Waals surface area contributed by atoms with E-state index in [9.17, 15) is 5.11 Å². The number of halogens is 1. The van der Waals surface area contributed by atoms with Gasteiger partial charge in [-0.05, 0) is 12.5 Å². The summed E-state index contributed by atoms with van der Waals surface area (Å²) in [6, 6.07) is 7.68. The fourth-order valence-corrected chi connectivity index (χ4v) is 2.80. The Kier molecular flexibility index (Phi) is 6.85. The lowest BCUT2D eigenvalue weighted by Gasteiger charge is -2.11.